The minimum absolute atomic E-state index is 0.531. The van der Waals surface area contributed by atoms with Crippen LogP contribution in [0.4, 0.5) is 4.79 Å². The van der Waals surface area contributed by atoms with E-state index in [0.29, 0.717) is 10.7 Å². The summed E-state index contributed by atoms with van der Waals surface area (Å²) in [6, 6.07) is 18.5. The number of carbonyl (C=O) groups excluding carboxylic acids is 1. The number of nitrogens with one attached hydrogen (secondary N) is 2. The predicted octanol–water partition coefficient (Wildman–Crippen LogP) is 5.42. The second kappa shape index (κ2) is 9.68. The Balaban J connectivity index is 0.000000159. The molecule has 10 nitrogen and oxygen atoms in total. The first-order valence-corrected chi connectivity index (χ1v) is 11.9. The highest BCUT2D eigenvalue weighted by molar-refractivity contribution is 6.30. The van der Waals surface area contributed by atoms with Gasteiger partial charge in [0.25, 0.3) is 0 Å². The zero-order valence-corrected chi connectivity index (χ0v) is 20.5. The van der Waals surface area contributed by atoms with Crippen LogP contribution in [0.15, 0.2) is 97.8 Å². The van der Waals surface area contributed by atoms with Crippen LogP contribution in [0.5, 0.6) is 0 Å². The van der Waals surface area contributed by atoms with Crippen molar-refractivity contribution in [1.82, 2.24) is 39.7 Å². The summed E-state index contributed by atoms with van der Waals surface area (Å²) in [7, 11) is 0. The number of H-pyrrole nitrogens is 2. The van der Waals surface area contributed by atoms with Crippen molar-refractivity contribution >= 4 is 39.6 Å². The van der Waals surface area contributed by atoms with Gasteiger partial charge in [0.15, 0.2) is 5.65 Å². The average Bonchev–Trinajstić information content (AvgIpc) is 3.73. The molecule has 0 aliphatic carbocycles. The molecule has 1 amide bonds. The van der Waals surface area contributed by atoms with Crippen molar-refractivity contribution in [2.75, 3.05) is 0 Å². The van der Waals surface area contributed by atoms with Gasteiger partial charge in [-0.3, -0.25) is 14.8 Å². The first kappa shape index (κ1) is 23.2. The number of benzene rings is 2. The number of primary amides is 1. The highest BCUT2D eigenvalue weighted by Crippen LogP contribution is 2.32. The molecule has 7 rings (SSSR count). The Morgan fingerprint density at radius 1 is 0.842 bits per heavy atom. The number of aromatic nitrogens is 8. The highest BCUT2D eigenvalue weighted by atomic mass is 35.5. The molecular formula is C27H20ClN9O. The number of hydrogen-bond donors (Lipinski definition) is 3. The molecule has 0 fully saturated rings. The Kier molecular flexibility index (Phi) is 5.91. The van der Waals surface area contributed by atoms with Gasteiger partial charge in [-0.05, 0) is 48.0 Å². The molecule has 5 heterocycles. The van der Waals surface area contributed by atoms with Crippen molar-refractivity contribution in [2.24, 2.45) is 5.73 Å². The van der Waals surface area contributed by atoms with Gasteiger partial charge in [-0.25, -0.2) is 14.5 Å². The summed E-state index contributed by atoms with van der Waals surface area (Å²) in [5.41, 5.74) is 11.6. The lowest BCUT2D eigenvalue weighted by atomic mass is 10.1. The smallest absolute Gasteiger partial charge is 0.323 e. The van der Waals surface area contributed by atoms with Crippen LogP contribution in [0.25, 0.3) is 50.0 Å². The number of rotatable bonds is 3. The summed E-state index contributed by atoms with van der Waals surface area (Å²) in [4.78, 5) is 16.3. The minimum Gasteiger partial charge on any atom is -0.351 e. The molecule has 0 saturated heterocycles. The lowest BCUT2D eigenvalue weighted by Crippen LogP contribution is -2.20. The first-order chi connectivity index (χ1) is 18.6. The number of carbonyl (C=O) groups is 1. The number of nitrogens with two attached hydrogens (primary N) is 1. The van der Waals surface area contributed by atoms with Gasteiger partial charge in [0.05, 0.1) is 29.8 Å². The third-order valence-electron chi connectivity index (χ3n) is 6.03. The number of halogens is 1. The molecular weight excluding hydrogens is 502 g/mol. The van der Waals surface area contributed by atoms with Gasteiger partial charge in [-0.15, -0.1) is 0 Å². The number of pyridine rings is 1. The Bertz CT molecular complexity index is 1870. The summed E-state index contributed by atoms with van der Waals surface area (Å²) in [5.74, 6) is 0. The fourth-order valence-electron chi connectivity index (χ4n) is 4.31. The standard InChI is InChI=1S/C18H13ClN4O.C9H7N5/c19-15-3-1-2-12(7-15)17-8-13-6-11(14-9-21-22-10-14)4-5-16(13)23(17)18(20)24;1-2-7-4-13-14(9(7)10-3-1)8-5-11-12-6-8/h1-10H,(H2,20,24)(H,21,22);1-6H,(H,11,12). The van der Waals surface area contributed by atoms with Crippen LogP contribution in [0, 0.1) is 0 Å². The monoisotopic (exact) mass is 521 g/mol. The molecule has 11 heteroatoms. The zero-order chi connectivity index (χ0) is 26.1. The van der Waals surface area contributed by atoms with Gasteiger partial charge in [-0.1, -0.05) is 29.8 Å². The highest BCUT2D eigenvalue weighted by Gasteiger charge is 2.15. The van der Waals surface area contributed by atoms with Crippen LogP contribution in [0.3, 0.4) is 0 Å². The van der Waals surface area contributed by atoms with Gasteiger partial charge in [0, 0.05) is 45.5 Å². The third-order valence-corrected chi connectivity index (χ3v) is 6.27. The van der Waals surface area contributed by atoms with Crippen LogP contribution in [0.1, 0.15) is 0 Å². The Morgan fingerprint density at radius 2 is 1.71 bits per heavy atom. The Morgan fingerprint density at radius 3 is 2.47 bits per heavy atom. The van der Waals surface area contributed by atoms with Crippen LogP contribution in [-0.4, -0.2) is 45.8 Å². The van der Waals surface area contributed by atoms with E-state index in [4.69, 9.17) is 17.3 Å². The van der Waals surface area contributed by atoms with Crippen molar-refractivity contribution < 1.29 is 4.79 Å². The second-order valence-corrected chi connectivity index (χ2v) is 8.84. The molecule has 5 aromatic heterocycles. The summed E-state index contributed by atoms with van der Waals surface area (Å²) in [6.07, 6.45) is 10.6. The van der Waals surface area contributed by atoms with Crippen molar-refractivity contribution in [1.29, 1.82) is 0 Å². The molecule has 186 valence electrons. The molecule has 2 aromatic carbocycles. The summed E-state index contributed by atoms with van der Waals surface area (Å²) in [6.45, 7) is 0. The molecule has 7 aromatic rings. The van der Waals surface area contributed by atoms with E-state index in [1.165, 1.54) is 4.57 Å². The zero-order valence-electron chi connectivity index (χ0n) is 19.8. The molecule has 0 unspecified atom stereocenters. The maximum atomic E-state index is 12.0. The van der Waals surface area contributed by atoms with E-state index in [0.717, 1.165) is 44.3 Å². The first-order valence-electron chi connectivity index (χ1n) is 11.6. The molecule has 0 atom stereocenters. The lowest BCUT2D eigenvalue weighted by molar-refractivity contribution is 0.251. The molecule has 0 aliphatic heterocycles. The molecule has 0 spiro atoms. The molecule has 4 N–H and O–H groups in total. The largest absolute Gasteiger partial charge is 0.351 e. The van der Waals surface area contributed by atoms with E-state index < -0.39 is 6.03 Å². The van der Waals surface area contributed by atoms with Crippen molar-refractivity contribution in [3.8, 4) is 28.1 Å². The van der Waals surface area contributed by atoms with E-state index in [-0.39, 0.29) is 0 Å². The lowest BCUT2D eigenvalue weighted by Gasteiger charge is -2.07. The van der Waals surface area contributed by atoms with E-state index in [2.05, 4.69) is 30.5 Å². The summed E-state index contributed by atoms with van der Waals surface area (Å²) < 4.78 is 3.25. The molecule has 0 aliphatic rings. The summed E-state index contributed by atoms with van der Waals surface area (Å²) >= 11 is 6.08. The van der Waals surface area contributed by atoms with Crippen LogP contribution in [-0.2, 0) is 0 Å². The third kappa shape index (κ3) is 4.29. The quantitative estimate of drug-likeness (QED) is 0.285. The second-order valence-electron chi connectivity index (χ2n) is 8.40. The maximum absolute atomic E-state index is 12.0. The molecule has 0 radical (unpaired) electrons. The number of aromatic amines is 2. The van der Waals surface area contributed by atoms with Gasteiger partial charge >= 0.3 is 6.03 Å². The van der Waals surface area contributed by atoms with Crippen LogP contribution in [0.2, 0.25) is 5.02 Å². The van der Waals surface area contributed by atoms with E-state index >= 15 is 0 Å². The minimum atomic E-state index is -0.531. The van der Waals surface area contributed by atoms with Crippen molar-refractivity contribution in [3.63, 3.8) is 0 Å². The maximum Gasteiger partial charge on any atom is 0.323 e. The van der Waals surface area contributed by atoms with E-state index in [1.807, 2.05) is 60.8 Å². The normalized spacial score (nSPS) is 11.0. The fraction of sp³-hybridized carbons (Fsp3) is 0. The predicted molar refractivity (Wildman–Crippen MR) is 146 cm³/mol. The molecule has 0 saturated carbocycles. The van der Waals surface area contributed by atoms with Gasteiger partial charge in [0.2, 0.25) is 0 Å². The van der Waals surface area contributed by atoms with Crippen molar-refractivity contribution in [3.05, 3.63) is 103 Å². The molecule has 38 heavy (non-hydrogen) atoms. The number of fused-ring (bicyclic) bond motifs is 2. The van der Waals surface area contributed by atoms with E-state index in [9.17, 15) is 4.79 Å². The Hall–Kier alpha value is -5.22. The SMILES string of the molecule is NC(=O)n1c(-c2cccc(Cl)c2)cc2cc(-c3cn[nH]c3)ccc21.c1cnc2c(c1)cnn2-c1cn[nH]c1. The average molecular weight is 522 g/mol. The van der Waals surface area contributed by atoms with Crippen molar-refractivity contribution in [2.45, 2.75) is 0 Å². The van der Waals surface area contributed by atoms with Gasteiger partial charge in [-0.2, -0.15) is 15.3 Å². The van der Waals surface area contributed by atoms with E-state index in [1.54, 1.807) is 41.7 Å². The topological polar surface area (TPSA) is 136 Å². The number of amides is 1. The summed E-state index contributed by atoms with van der Waals surface area (Å²) in [5, 5.41) is 20.2. The van der Waals surface area contributed by atoms with Crippen LogP contribution >= 0.6 is 11.6 Å². The van der Waals surface area contributed by atoms with Gasteiger partial charge < -0.3 is 5.73 Å². The molecule has 0 bridgehead atoms. The van der Waals surface area contributed by atoms with Crippen LogP contribution < -0.4 is 5.73 Å². The van der Waals surface area contributed by atoms with Gasteiger partial charge in [0.1, 0.15) is 5.69 Å². The fourth-order valence-corrected chi connectivity index (χ4v) is 4.50. The number of nitrogens with zero attached hydrogens (tertiary/aromatic N) is 6. The number of hydrogen-bond acceptors (Lipinski definition) is 5. The Labute approximate surface area is 220 Å².